The summed E-state index contributed by atoms with van der Waals surface area (Å²) >= 11 is 0. The van der Waals surface area contributed by atoms with Crippen LogP contribution in [-0.2, 0) is 14.3 Å². The van der Waals surface area contributed by atoms with Crippen molar-refractivity contribution >= 4 is 11.9 Å². The Hall–Kier alpha value is -2.08. The SMILES string of the molecule is COC(=O)c1cccc(OCC(=O)NC[C@H]2CCCO2)c1. The van der Waals surface area contributed by atoms with Crippen molar-refractivity contribution in [1.82, 2.24) is 5.32 Å². The summed E-state index contributed by atoms with van der Waals surface area (Å²) in [6.07, 6.45) is 2.12. The van der Waals surface area contributed by atoms with Crippen molar-refractivity contribution in [1.29, 1.82) is 0 Å². The first-order chi connectivity index (χ1) is 10.2. The fourth-order valence-corrected chi connectivity index (χ4v) is 2.06. The first-order valence-electron chi connectivity index (χ1n) is 6.88. The zero-order valence-corrected chi connectivity index (χ0v) is 12.0. The average Bonchev–Trinajstić information content (AvgIpc) is 3.04. The summed E-state index contributed by atoms with van der Waals surface area (Å²) in [5.41, 5.74) is 0.384. The number of hydrogen-bond donors (Lipinski definition) is 1. The number of ether oxygens (including phenoxy) is 3. The maximum atomic E-state index is 11.7. The van der Waals surface area contributed by atoms with Crippen molar-refractivity contribution in [2.45, 2.75) is 18.9 Å². The van der Waals surface area contributed by atoms with Crippen LogP contribution in [0.5, 0.6) is 5.75 Å². The Labute approximate surface area is 123 Å². The number of methoxy groups -OCH3 is 1. The van der Waals surface area contributed by atoms with Crippen LogP contribution < -0.4 is 10.1 Å². The quantitative estimate of drug-likeness (QED) is 0.796. The highest BCUT2D eigenvalue weighted by molar-refractivity contribution is 5.89. The molecule has 21 heavy (non-hydrogen) atoms. The van der Waals surface area contributed by atoms with E-state index < -0.39 is 5.97 Å². The Morgan fingerprint density at radius 3 is 3.00 bits per heavy atom. The van der Waals surface area contributed by atoms with Crippen LogP contribution in [0.25, 0.3) is 0 Å². The zero-order valence-electron chi connectivity index (χ0n) is 12.0. The molecule has 0 bridgehead atoms. The Balaban J connectivity index is 1.76. The topological polar surface area (TPSA) is 73.9 Å². The molecule has 0 aromatic heterocycles. The first kappa shape index (κ1) is 15.3. The molecule has 1 aliphatic heterocycles. The van der Waals surface area contributed by atoms with E-state index in [9.17, 15) is 9.59 Å². The summed E-state index contributed by atoms with van der Waals surface area (Å²) in [4.78, 5) is 23.0. The standard InChI is InChI=1S/C15H19NO5/c1-19-15(18)11-4-2-5-12(8-11)21-10-14(17)16-9-13-6-3-7-20-13/h2,4-5,8,13H,3,6-7,9-10H2,1H3,(H,16,17)/t13-/m1/s1. The second kappa shape index (κ2) is 7.64. The highest BCUT2D eigenvalue weighted by Crippen LogP contribution is 2.14. The van der Waals surface area contributed by atoms with Gasteiger partial charge in [0, 0.05) is 13.2 Å². The van der Waals surface area contributed by atoms with Gasteiger partial charge in [-0.25, -0.2) is 4.79 Å². The molecule has 0 unspecified atom stereocenters. The van der Waals surface area contributed by atoms with Gasteiger partial charge < -0.3 is 19.5 Å². The van der Waals surface area contributed by atoms with E-state index in [1.54, 1.807) is 24.3 Å². The van der Waals surface area contributed by atoms with Crippen LogP contribution in [0.1, 0.15) is 23.2 Å². The molecule has 0 spiro atoms. The predicted octanol–water partition coefficient (Wildman–Crippen LogP) is 1.15. The minimum absolute atomic E-state index is 0.0999. The summed E-state index contributed by atoms with van der Waals surface area (Å²) in [7, 11) is 1.31. The zero-order chi connectivity index (χ0) is 15.1. The molecular formula is C15H19NO5. The van der Waals surface area contributed by atoms with Gasteiger partial charge in [0.05, 0.1) is 18.8 Å². The maximum absolute atomic E-state index is 11.7. The van der Waals surface area contributed by atoms with E-state index in [-0.39, 0.29) is 18.6 Å². The lowest BCUT2D eigenvalue weighted by molar-refractivity contribution is -0.123. The summed E-state index contributed by atoms with van der Waals surface area (Å²) in [5, 5.41) is 2.76. The lowest BCUT2D eigenvalue weighted by Crippen LogP contribution is -2.35. The molecule has 1 amide bonds. The van der Waals surface area contributed by atoms with Gasteiger partial charge in [0.25, 0.3) is 5.91 Å². The Morgan fingerprint density at radius 2 is 2.29 bits per heavy atom. The van der Waals surface area contributed by atoms with Crippen LogP contribution in [0, 0.1) is 0 Å². The number of esters is 1. The molecule has 1 saturated heterocycles. The number of carbonyl (C=O) groups excluding carboxylic acids is 2. The van der Waals surface area contributed by atoms with Gasteiger partial charge in [0.15, 0.2) is 6.61 Å². The Morgan fingerprint density at radius 1 is 1.43 bits per heavy atom. The third-order valence-electron chi connectivity index (χ3n) is 3.18. The predicted molar refractivity (Wildman–Crippen MR) is 75.3 cm³/mol. The van der Waals surface area contributed by atoms with Gasteiger partial charge in [-0.05, 0) is 31.0 Å². The average molecular weight is 293 g/mol. The van der Waals surface area contributed by atoms with Crippen LogP contribution >= 0.6 is 0 Å². The smallest absolute Gasteiger partial charge is 0.337 e. The highest BCUT2D eigenvalue weighted by atomic mass is 16.5. The van der Waals surface area contributed by atoms with Crippen LogP contribution in [0.15, 0.2) is 24.3 Å². The van der Waals surface area contributed by atoms with Crippen molar-refractivity contribution in [2.75, 3.05) is 26.9 Å². The van der Waals surface area contributed by atoms with Gasteiger partial charge in [-0.1, -0.05) is 6.07 Å². The molecule has 0 aliphatic carbocycles. The van der Waals surface area contributed by atoms with Crippen molar-refractivity contribution < 1.29 is 23.8 Å². The molecule has 1 fully saturated rings. The Bertz CT molecular complexity index is 497. The van der Waals surface area contributed by atoms with Gasteiger partial charge in [-0.3, -0.25) is 4.79 Å². The number of hydrogen-bond acceptors (Lipinski definition) is 5. The van der Waals surface area contributed by atoms with E-state index >= 15 is 0 Å². The molecule has 6 heteroatoms. The lowest BCUT2D eigenvalue weighted by atomic mass is 10.2. The van der Waals surface area contributed by atoms with Gasteiger partial charge in [0.2, 0.25) is 0 Å². The monoisotopic (exact) mass is 293 g/mol. The highest BCUT2D eigenvalue weighted by Gasteiger charge is 2.16. The number of benzene rings is 1. The van der Waals surface area contributed by atoms with Crippen LogP contribution in [0.4, 0.5) is 0 Å². The van der Waals surface area contributed by atoms with Gasteiger partial charge >= 0.3 is 5.97 Å². The lowest BCUT2D eigenvalue weighted by Gasteiger charge is -2.11. The maximum Gasteiger partial charge on any atom is 0.337 e. The summed E-state index contributed by atoms with van der Waals surface area (Å²) in [5.74, 6) is -0.206. The fraction of sp³-hybridized carbons (Fsp3) is 0.467. The van der Waals surface area contributed by atoms with Crippen molar-refractivity contribution in [3.05, 3.63) is 29.8 Å². The van der Waals surface area contributed by atoms with E-state index in [4.69, 9.17) is 9.47 Å². The molecule has 0 saturated carbocycles. The fourth-order valence-electron chi connectivity index (χ4n) is 2.06. The van der Waals surface area contributed by atoms with Gasteiger partial charge in [0.1, 0.15) is 5.75 Å². The molecule has 1 aromatic rings. The molecule has 0 radical (unpaired) electrons. The number of amides is 1. The molecule has 6 nitrogen and oxygen atoms in total. The van der Waals surface area contributed by atoms with Crippen LogP contribution in [0.2, 0.25) is 0 Å². The van der Waals surface area contributed by atoms with Crippen molar-refractivity contribution in [3.63, 3.8) is 0 Å². The van der Waals surface area contributed by atoms with Crippen LogP contribution in [0.3, 0.4) is 0 Å². The van der Waals surface area contributed by atoms with Gasteiger partial charge in [-0.2, -0.15) is 0 Å². The van der Waals surface area contributed by atoms with Gasteiger partial charge in [-0.15, -0.1) is 0 Å². The molecule has 1 heterocycles. The molecular weight excluding hydrogens is 274 g/mol. The number of nitrogens with one attached hydrogen (secondary N) is 1. The second-order valence-electron chi connectivity index (χ2n) is 4.75. The molecule has 1 aromatic carbocycles. The largest absolute Gasteiger partial charge is 0.484 e. The third kappa shape index (κ3) is 4.75. The van der Waals surface area contributed by atoms with E-state index in [0.29, 0.717) is 17.9 Å². The van der Waals surface area contributed by atoms with Crippen LogP contribution in [-0.4, -0.2) is 44.8 Å². The number of rotatable bonds is 6. The summed E-state index contributed by atoms with van der Waals surface area (Å²) in [6, 6.07) is 6.51. The second-order valence-corrected chi connectivity index (χ2v) is 4.75. The van der Waals surface area contributed by atoms with E-state index in [1.165, 1.54) is 7.11 Å². The normalized spacial score (nSPS) is 17.3. The molecule has 1 atom stereocenters. The Kier molecular flexibility index (Phi) is 5.57. The third-order valence-corrected chi connectivity index (χ3v) is 3.18. The van der Waals surface area contributed by atoms with E-state index in [1.807, 2.05) is 0 Å². The number of carbonyl (C=O) groups is 2. The summed E-state index contributed by atoms with van der Waals surface area (Å²) in [6.45, 7) is 1.17. The van der Waals surface area contributed by atoms with E-state index in [0.717, 1.165) is 19.4 Å². The molecule has 1 N–H and O–H groups in total. The van der Waals surface area contributed by atoms with Crippen molar-refractivity contribution in [2.24, 2.45) is 0 Å². The molecule has 1 aliphatic rings. The minimum Gasteiger partial charge on any atom is -0.484 e. The first-order valence-corrected chi connectivity index (χ1v) is 6.88. The van der Waals surface area contributed by atoms with E-state index in [2.05, 4.69) is 10.1 Å². The molecule has 114 valence electrons. The molecule has 2 rings (SSSR count). The van der Waals surface area contributed by atoms with Crippen molar-refractivity contribution in [3.8, 4) is 5.75 Å². The summed E-state index contributed by atoms with van der Waals surface area (Å²) < 4.78 is 15.4. The minimum atomic E-state index is -0.441.